The maximum absolute atomic E-state index is 10.1. The van der Waals surface area contributed by atoms with E-state index in [4.69, 9.17) is 0 Å². The zero-order valence-corrected chi connectivity index (χ0v) is 19.0. The predicted octanol–water partition coefficient (Wildman–Crippen LogP) is 7.39. The second-order valence-corrected chi connectivity index (χ2v) is 9.55. The third-order valence-electron chi connectivity index (χ3n) is 6.68. The summed E-state index contributed by atoms with van der Waals surface area (Å²) in [6, 6.07) is 8.77. The molecular weight excluding hydrogens is 368 g/mol. The Morgan fingerprint density at radius 3 is 1.47 bits per heavy atom. The molecule has 2 heteroatoms. The SMILES string of the molecule is CC1C=CC(C(C)(C)c2cccc(C(C)(C)C3=CC=C(O)C(C)C=C3)c2)=CC=C1O. The molecule has 0 amide bonds. The molecule has 2 nitrogen and oxygen atoms in total. The van der Waals surface area contributed by atoms with Gasteiger partial charge in [-0.2, -0.15) is 0 Å². The summed E-state index contributed by atoms with van der Waals surface area (Å²) < 4.78 is 0. The lowest BCUT2D eigenvalue weighted by atomic mass is 9.72. The van der Waals surface area contributed by atoms with Crippen molar-refractivity contribution in [2.75, 3.05) is 0 Å². The van der Waals surface area contributed by atoms with Crippen molar-refractivity contribution in [3.05, 3.63) is 107 Å². The summed E-state index contributed by atoms with van der Waals surface area (Å²) in [5, 5.41) is 20.2. The van der Waals surface area contributed by atoms with Crippen LogP contribution in [-0.2, 0) is 10.8 Å². The Kier molecular flexibility index (Phi) is 5.99. The standard InChI is InChI=1S/C28H34O2/c1-19-10-12-21(14-16-25(19)29)27(3,4)23-8-7-9-24(18-23)28(5,6)22-13-11-20(2)26(30)17-15-22/h7-20,29-30H,1-6H3. The Bertz CT molecular complexity index is 916. The lowest BCUT2D eigenvalue weighted by Gasteiger charge is -2.31. The van der Waals surface area contributed by atoms with E-state index < -0.39 is 0 Å². The van der Waals surface area contributed by atoms with Crippen molar-refractivity contribution in [1.82, 2.24) is 0 Å². The summed E-state index contributed by atoms with van der Waals surface area (Å²) >= 11 is 0. The van der Waals surface area contributed by atoms with Crippen LogP contribution >= 0.6 is 0 Å². The first-order valence-corrected chi connectivity index (χ1v) is 10.7. The molecular formula is C28H34O2. The van der Waals surface area contributed by atoms with Crippen LogP contribution in [0.4, 0.5) is 0 Å². The highest BCUT2D eigenvalue weighted by molar-refractivity contribution is 5.49. The first kappa shape index (κ1) is 22.0. The largest absolute Gasteiger partial charge is 0.512 e. The van der Waals surface area contributed by atoms with Crippen molar-refractivity contribution in [3.63, 3.8) is 0 Å². The van der Waals surface area contributed by atoms with Crippen molar-refractivity contribution >= 4 is 0 Å². The van der Waals surface area contributed by atoms with Gasteiger partial charge in [0.05, 0.1) is 11.5 Å². The van der Waals surface area contributed by atoms with Crippen LogP contribution in [0.3, 0.4) is 0 Å². The van der Waals surface area contributed by atoms with Gasteiger partial charge in [0.25, 0.3) is 0 Å². The number of hydrogen-bond acceptors (Lipinski definition) is 2. The van der Waals surface area contributed by atoms with Crippen LogP contribution in [-0.4, -0.2) is 10.2 Å². The molecule has 2 atom stereocenters. The Hall–Kier alpha value is -2.74. The molecule has 2 aliphatic carbocycles. The van der Waals surface area contributed by atoms with Crippen molar-refractivity contribution in [3.8, 4) is 0 Å². The van der Waals surface area contributed by atoms with Crippen LogP contribution in [0.2, 0.25) is 0 Å². The Morgan fingerprint density at radius 2 is 1.07 bits per heavy atom. The number of allylic oxidation sites excluding steroid dienone is 10. The van der Waals surface area contributed by atoms with E-state index in [2.05, 4.69) is 76.3 Å². The van der Waals surface area contributed by atoms with Gasteiger partial charge in [0.2, 0.25) is 0 Å². The van der Waals surface area contributed by atoms with E-state index in [1.165, 1.54) is 22.3 Å². The molecule has 1 aromatic carbocycles. The number of benzene rings is 1. The highest BCUT2D eigenvalue weighted by Crippen LogP contribution is 2.39. The van der Waals surface area contributed by atoms with Crippen LogP contribution < -0.4 is 0 Å². The summed E-state index contributed by atoms with van der Waals surface area (Å²) in [5.74, 6) is 0.843. The van der Waals surface area contributed by atoms with E-state index in [9.17, 15) is 10.2 Å². The summed E-state index contributed by atoms with van der Waals surface area (Å²) in [5.41, 5.74) is 4.40. The van der Waals surface area contributed by atoms with Crippen molar-refractivity contribution in [2.24, 2.45) is 11.8 Å². The summed E-state index contributed by atoms with van der Waals surface area (Å²) in [7, 11) is 0. The van der Waals surface area contributed by atoms with Gasteiger partial charge in [0.15, 0.2) is 0 Å². The number of hydrogen-bond donors (Lipinski definition) is 2. The normalized spacial score (nSPS) is 22.5. The van der Waals surface area contributed by atoms with Crippen molar-refractivity contribution in [2.45, 2.75) is 52.4 Å². The zero-order valence-electron chi connectivity index (χ0n) is 19.0. The predicted molar refractivity (Wildman–Crippen MR) is 127 cm³/mol. The molecule has 1 aromatic rings. The highest BCUT2D eigenvalue weighted by atomic mass is 16.3. The van der Waals surface area contributed by atoms with E-state index >= 15 is 0 Å². The van der Waals surface area contributed by atoms with Crippen LogP contribution in [0, 0.1) is 11.8 Å². The molecule has 158 valence electrons. The molecule has 30 heavy (non-hydrogen) atoms. The van der Waals surface area contributed by atoms with Crippen LogP contribution in [0.5, 0.6) is 0 Å². The summed E-state index contributed by atoms with van der Waals surface area (Å²) in [4.78, 5) is 0. The molecule has 0 aromatic heterocycles. The van der Waals surface area contributed by atoms with E-state index in [1.807, 2.05) is 38.2 Å². The summed E-state index contributed by atoms with van der Waals surface area (Å²) in [6.45, 7) is 12.9. The zero-order chi connectivity index (χ0) is 22.1. The molecule has 0 saturated heterocycles. The fourth-order valence-electron chi connectivity index (χ4n) is 3.92. The Balaban J connectivity index is 2.00. The molecule has 0 fully saturated rings. The maximum atomic E-state index is 10.1. The molecule has 0 bridgehead atoms. The highest BCUT2D eigenvalue weighted by Gasteiger charge is 2.29. The van der Waals surface area contributed by atoms with Gasteiger partial charge in [0, 0.05) is 22.7 Å². The minimum absolute atomic E-state index is 0.0284. The Morgan fingerprint density at radius 1 is 0.667 bits per heavy atom. The monoisotopic (exact) mass is 402 g/mol. The first-order chi connectivity index (χ1) is 14.0. The van der Waals surface area contributed by atoms with Crippen molar-refractivity contribution < 1.29 is 10.2 Å². The number of aliphatic hydroxyl groups excluding tert-OH is 2. The van der Waals surface area contributed by atoms with Crippen LogP contribution in [0.25, 0.3) is 0 Å². The van der Waals surface area contributed by atoms with Gasteiger partial charge < -0.3 is 10.2 Å². The van der Waals surface area contributed by atoms with Crippen LogP contribution in [0.1, 0.15) is 52.7 Å². The lowest BCUT2D eigenvalue weighted by Crippen LogP contribution is -2.23. The second kappa shape index (κ2) is 8.18. The minimum Gasteiger partial charge on any atom is -0.512 e. The molecule has 2 N–H and O–H groups in total. The molecule has 0 aliphatic heterocycles. The molecule has 0 saturated carbocycles. The van der Waals surface area contributed by atoms with E-state index in [-0.39, 0.29) is 22.7 Å². The molecule has 3 rings (SSSR count). The van der Waals surface area contributed by atoms with Gasteiger partial charge in [-0.05, 0) is 34.4 Å². The van der Waals surface area contributed by atoms with E-state index in [1.54, 1.807) is 0 Å². The van der Waals surface area contributed by atoms with E-state index in [0.29, 0.717) is 11.5 Å². The van der Waals surface area contributed by atoms with E-state index in [0.717, 1.165) is 0 Å². The number of aliphatic hydroxyl groups is 2. The first-order valence-electron chi connectivity index (χ1n) is 10.7. The number of rotatable bonds is 4. The topological polar surface area (TPSA) is 40.5 Å². The van der Waals surface area contributed by atoms with Gasteiger partial charge in [-0.15, -0.1) is 0 Å². The quantitative estimate of drug-likeness (QED) is 0.551. The molecule has 2 unspecified atom stereocenters. The minimum atomic E-state index is -0.205. The van der Waals surface area contributed by atoms with Gasteiger partial charge in [-0.25, -0.2) is 0 Å². The van der Waals surface area contributed by atoms with Gasteiger partial charge >= 0.3 is 0 Å². The molecule has 2 aliphatic rings. The third-order valence-corrected chi connectivity index (χ3v) is 6.68. The Labute approximate surface area is 181 Å². The molecule has 0 heterocycles. The smallest absolute Gasteiger partial charge is 0.0988 e. The fraction of sp³-hybridized carbons (Fsp3) is 0.357. The average molecular weight is 403 g/mol. The van der Waals surface area contributed by atoms with Crippen molar-refractivity contribution in [1.29, 1.82) is 0 Å². The van der Waals surface area contributed by atoms with Gasteiger partial charge in [-0.3, -0.25) is 0 Å². The van der Waals surface area contributed by atoms with Gasteiger partial charge in [0.1, 0.15) is 0 Å². The molecule has 0 radical (unpaired) electrons. The third kappa shape index (κ3) is 4.23. The maximum Gasteiger partial charge on any atom is 0.0988 e. The van der Waals surface area contributed by atoms with Crippen LogP contribution in [0.15, 0.2) is 95.5 Å². The lowest BCUT2D eigenvalue weighted by molar-refractivity contribution is 0.365. The average Bonchev–Trinajstić information content (AvgIpc) is 2.99. The summed E-state index contributed by atoms with van der Waals surface area (Å²) in [6.07, 6.45) is 16.1. The van der Waals surface area contributed by atoms with Gasteiger partial charge in [-0.1, -0.05) is 102 Å². The fourth-order valence-corrected chi connectivity index (χ4v) is 3.92. The second-order valence-electron chi connectivity index (χ2n) is 9.55. The molecule has 0 spiro atoms.